The second-order valence-corrected chi connectivity index (χ2v) is 9.17. The van der Waals surface area contributed by atoms with Crippen molar-refractivity contribution in [1.82, 2.24) is 4.90 Å². The van der Waals surface area contributed by atoms with Gasteiger partial charge in [-0.25, -0.2) is 4.79 Å². The number of phenolic OH excluding ortho intramolecular Hbond substituents is 1. The topological polar surface area (TPSA) is 113 Å². The number of methoxy groups -OCH3 is 1. The third-order valence-corrected chi connectivity index (χ3v) is 6.49. The van der Waals surface area contributed by atoms with Crippen LogP contribution in [0, 0.1) is 6.92 Å². The van der Waals surface area contributed by atoms with Crippen molar-refractivity contribution in [1.29, 1.82) is 0 Å². The number of carbonyl (C=O) groups is 3. The fraction of sp³-hybridized carbons (Fsp3) is 0.207. The highest BCUT2D eigenvalue weighted by molar-refractivity contribution is 6.46. The molecule has 0 aromatic heterocycles. The Morgan fingerprint density at radius 2 is 1.71 bits per heavy atom. The zero-order chi connectivity index (χ0) is 27.6. The average Bonchev–Trinajstić information content (AvgIpc) is 3.14. The summed E-state index contributed by atoms with van der Waals surface area (Å²) in [7, 11) is 1.39. The van der Waals surface area contributed by atoms with Crippen molar-refractivity contribution in [2.75, 3.05) is 13.7 Å². The zero-order valence-corrected chi connectivity index (χ0v) is 21.8. The number of aryl methyl sites for hydroxylation is 1. The number of amides is 1. The van der Waals surface area contributed by atoms with E-state index in [-0.39, 0.29) is 40.8 Å². The third-order valence-electron chi connectivity index (χ3n) is 6.21. The van der Waals surface area contributed by atoms with Gasteiger partial charge in [-0.2, -0.15) is 0 Å². The lowest BCUT2D eigenvalue weighted by molar-refractivity contribution is -0.140. The van der Waals surface area contributed by atoms with Crippen LogP contribution in [0.1, 0.15) is 45.6 Å². The van der Waals surface area contributed by atoms with E-state index >= 15 is 0 Å². The molecule has 1 saturated heterocycles. The van der Waals surface area contributed by atoms with Gasteiger partial charge in [-0.3, -0.25) is 9.59 Å². The lowest BCUT2D eigenvalue weighted by Crippen LogP contribution is -2.29. The number of hydrogen-bond acceptors (Lipinski definition) is 7. The van der Waals surface area contributed by atoms with Crippen molar-refractivity contribution in [3.63, 3.8) is 0 Å². The first-order valence-electron chi connectivity index (χ1n) is 11.8. The molecular weight excluding hydrogens is 510 g/mol. The molecule has 0 spiro atoms. The van der Waals surface area contributed by atoms with Crippen molar-refractivity contribution >= 4 is 35.0 Å². The molecule has 1 aliphatic rings. The highest BCUT2D eigenvalue weighted by atomic mass is 35.5. The molecule has 8 nitrogen and oxygen atoms in total. The number of ether oxygens (including phenoxy) is 2. The predicted molar refractivity (Wildman–Crippen MR) is 141 cm³/mol. The monoisotopic (exact) mass is 535 g/mol. The van der Waals surface area contributed by atoms with Gasteiger partial charge in [0.25, 0.3) is 11.7 Å². The van der Waals surface area contributed by atoms with Crippen LogP contribution in [0.15, 0.2) is 66.2 Å². The quantitative estimate of drug-likeness (QED) is 0.186. The Morgan fingerprint density at radius 1 is 1.05 bits per heavy atom. The van der Waals surface area contributed by atoms with Crippen LogP contribution in [0.4, 0.5) is 0 Å². The summed E-state index contributed by atoms with van der Waals surface area (Å²) in [6.45, 7) is 3.75. The Labute approximate surface area is 224 Å². The second-order valence-electron chi connectivity index (χ2n) is 8.76. The largest absolute Gasteiger partial charge is 0.508 e. The SMILES string of the molecule is CCOC(=O)c1ccc(CN2C(=O)C(=O)/C(=C(/O)c3cc(C)cc(Cl)c3OC)C2c2ccc(O)cc2)cc1. The van der Waals surface area contributed by atoms with Crippen LogP contribution in [-0.4, -0.2) is 46.5 Å². The Balaban J connectivity index is 1.83. The maximum Gasteiger partial charge on any atom is 0.338 e. The Morgan fingerprint density at radius 3 is 2.32 bits per heavy atom. The van der Waals surface area contributed by atoms with Crippen LogP contribution in [-0.2, 0) is 20.9 Å². The van der Waals surface area contributed by atoms with Crippen LogP contribution >= 0.6 is 11.6 Å². The molecule has 38 heavy (non-hydrogen) atoms. The van der Waals surface area contributed by atoms with E-state index in [1.54, 1.807) is 62.4 Å². The van der Waals surface area contributed by atoms with Crippen LogP contribution in [0.5, 0.6) is 11.5 Å². The number of nitrogens with zero attached hydrogens (tertiary/aromatic N) is 1. The minimum atomic E-state index is -0.968. The fourth-order valence-corrected chi connectivity index (χ4v) is 4.81. The molecule has 0 bridgehead atoms. The number of phenols is 1. The number of aromatic hydroxyl groups is 1. The molecule has 1 amide bonds. The maximum atomic E-state index is 13.4. The average molecular weight is 536 g/mol. The van der Waals surface area contributed by atoms with Crippen LogP contribution < -0.4 is 4.74 Å². The minimum Gasteiger partial charge on any atom is -0.508 e. The molecule has 0 saturated carbocycles. The van der Waals surface area contributed by atoms with Gasteiger partial charge >= 0.3 is 5.97 Å². The van der Waals surface area contributed by atoms with E-state index in [4.69, 9.17) is 21.1 Å². The first-order chi connectivity index (χ1) is 18.2. The number of ketones is 1. The molecule has 1 aliphatic heterocycles. The van der Waals surface area contributed by atoms with Crippen molar-refractivity contribution in [2.24, 2.45) is 0 Å². The predicted octanol–water partition coefficient (Wildman–Crippen LogP) is 5.16. The number of likely N-dealkylation sites (tertiary alicyclic amines) is 1. The molecule has 1 heterocycles. The van der Waals surface area contributed by atoms with Crippen molar-refractivity contribution < 1.29 is 34.1 Å². The number of Topliss-reactive ketones (excluding diaryl/α,β-unsaturated/α-hetero) is 1. The molecule has 9 heteroatoms. The van der Waals surface area contributed by atoms with Crippen LogP contribution in [0.25, 0.3) is 5.76 Å². The van der Waals surface area contributed by atoms with E-state index < -0.39 is 29.5 Å². The molecule has 4 rings (SSSR count). The summed E-state index contributed by atoms with van der Waals surface area (Å²) in [5.74, 6) is -2.40. The molecule has 1 fully saturated rings. The zero-order valence-electron chi connectivity index (χ0n) is 21.0. The van der Waals surface area contributed by atoms with Gasteiger partial charge in [0.15, 0.2) is 0 Å². The highest BCUT2D eigenvalue weighted by Gasteiger charge is 2.46. The molecule has 1 atom stereocenters. The number of carbonyl (C=O) groups excluding carboxylic acids is 3. The number of aliphatic hydroxyl groups is 1. The van der Waals surface area contributed by atoms with Gasteiger partial charge in [0, 0.05) is 6.54 Å². The van der Waals surface area contributed by atoms with Gasteiger partial charge in [-0.1, -0.05) is 35.9 Å². The van der Waals surface area contributed by atoms with Crippen molar-refractivity contribution in [3.8, 4) is 11.5 Å². The smallest absolute Gasteiger partial charge is 0.338 e. The van der Waals surface area contributed by atoms with E-state index in [2.05, 4.69) is 0 Å². The number of halogens is 1. The van der Waals surface area contributed by atoms with Crippen LogP contribution in [0.3, 0.4) is 0 Å². The molecule has 3 aromatic rings. The Kier molecular flexibility index (Phi) is 7.73. The number of rotatable bonds is 7. The minimum absolute atomic E-state index is 0.00684. The number of benzene rings is 3. The summed E-state index contributed by atoms with van der Waals surface area (Å²) in [5.41, 5.74) is 2.27. The highest BCUT2D eigenvalue weighted by Crippen LogP contribution is 2.43. The van der Waals surface area contributed by atoms with Gasteiger partial charge < -0.3 is 24.6 Å². The van der Waals surface area contributed by atoms with Crippen molar-refractivity contribution in [2.45, 2.75) is 26.4 Å². The summed E-state index contributed by atoms with van der Waals surface area (Å²) in [6.07, 6.45) is 0. The molecule has 0 radical (unpaired) electrons. The first-order valence-corrected chi connectivity index (χ1v) is 12.2. The van der Waals surface area contributed by atoms with Gasteiger partial charge in [0.1, 0.15) is 17.3 Å². The summed E-state index contributed by atoms with van der Waals surface area (Å²) in [4.78, 5) is 40.0. The molecular formula is C29H26ClNO7. The van der Waals surface area contributed by atoms with Crippen LogP contribution in [0.2, 0.25) is 5.02 Å². The van der Waals surface area contributed by atoms with E-state index in [0.717, 1.165) is 5.56 Å². The lowest BCUT2D eigenvalue weighted by atomic mass is 9.94. The first kappa shape index (κ1) is 26.8. The Bertz CT molecular complexity index is 1430. The van der Waals surface area contributed by atoms with E-state index in [1.165, 1.54) is 24.1 Å². The third kappa shape index (κ3) is 5.08. The van der Waals surface area contributed by atoms with Gasteiger partial charge in [-0.15, -0.1) is 0 Å². The molecule has 0 aliphatic carbocycles. The fourth-order valence-electron chi connectivity index (χ4n) is 4.46. The molecule has 3 aromatic carbocycles. The number of hydrogen-bond donors (Lipinski definition) is 2. The summed E-state index contributed by atoms with van der Waals surface area (Å²) >= 11 is 6.33. The van der Waals surface area contributed by atoms with E-state index in [9.17, 15) is 24.6 Å². The normalized spacial score (nSPS) is 16.5. The Hall–Kier alpha value is -4.30. The van der Waals surface area contributed by atoms with Gasteiger partial charge in [0.05, 0.1) is 41.5 Å². The van der Waals surface area contributed by atoms with Gasteiger partial charge in [0.2, 0.25) is 0 Å². The molecule has 2 N–H and O–H groups in total. The maximum absolute atomic E-state index is 13.4. The van der Waals surface area contributed by atoms with Crippen molar-refractivity contribution in [3.05, 3.63) is 99.1 Å². The molecule has 1 unspecified atom stereocenters. The standard InChI is InChI=1S/C29H26ClNO7/c1-4-38-29(36)19-7-5-17(6-8-19)15-31-24(18-9-11-20(32)12-10-18)23(26(34)28(31)35)25(33)21-13-16(2)14-22(30)27(21)37-3/h5-14,24,32-33H,4,15H2,1-3H3/b25-23+. The van der Waals surface area contributed by atoms with Gasteiger partial charge in [-0.05, 0) is 66.9 Å². The number of aliphatic hydroxyl groups excluding tert-OH is 1. The molecule has 196 valence electrons. The summed E-state index contributed by atoms with van der Waals surface area (Å²) < 4.78 is 10.4. The summed E-state index contributed by atoms with van der Waals surface area (Å²) in [6, 6.07) is 14.9. The summed E-state index contributed by atoms with van der Waals surface area (Å²) in [5, 5.41) is 21.5. The van der Waals surface area contributed by atoms with E-state index in [0.29, 0.717) is 16.7 Å². The number of esters is 1. The second kappa shape index (κ2) is 11.0. The lowest BCUT2D eigenvalue weighted by Gasteiger charge is -2.26. The van der Waals surface area contributed by atoms with E-state index in [1.807, 2.05) is 0 Å².